The second-order valence-electron chi connectivity index (χ2n) is 5.59. The van der Waals surface area contributed by atoms with Gasteiger partial charge in [-0.25, -0.2) is 0 Å². The second kappa shape index (κ2) is 4.15. The summed E-state index contributed by atoms with van der Waals surface area (Å²) < 4.78 is 2.45. The van der Waals surface area contributed by atoms with Crippen LogP contribution in [0.2, 0.25) is 0 Å². The van der Waals surface area contributed by atoms with Gasteiger partial charge in [-0.1, -0.05) is 25.1 Å². The van der Waals surface area contributed by atoms with Crippen molar-refractivity contribution in [3.05, 3.63) is 53.3 Å². The van der Waals surface area contributed by atoms with Gasteiger partial charge in [0.2, 0.25) is 0 Å². The van der Waals surface area contributed by atoms with Crippen LogP contribution in [-0.2, 0) is 6.54 Å². The van der Waals surface area contributed by atoms with Gasteiger partial charge < -0.3 is 4.57 Å². The van der Waals surface area contributed by atoms with E-state index in [1.165, 1.54) is 29.2 Å². The summed E-state index contributed by atoms with van der Waals surface area (Å²) in [6.45, 7) is 6.80. The number of thioether (sulfide) groups is 1. The quantitative estimate of drug-likeness (QED) is 0.720. The van der Waals surface area contributed by atoms with Gasteiger partial charge in [-0.2, -0.15) is 0 Å². The maximum Gasteiger partial charge on any atom is 0.0976 e. The van der Waals surface area contributed by atoms with Gasteiger partial charge in [-0.3, -0.25) is 4.90 Å². The van der Waals surface area contributed by atoms with Crippen molar-refractivity contribution in [3.63, 3.8) is 0 Å². The number of aromatic nitrogens is 1. The van der Waals surface area contributed by atoms with Crippen molar-refractivity contribution < 1.29 is 0 Å². The molecular weight excluding hydrogens is 252 g/mol. The molecule has 2 atom stereocenters. The minimum atomic E-state index is 0.510. The molecule has 3 heterocycles. The Morgan fingerprint density at radius 2 is 2.00 bits per heavy atom. The van der Waals surface area contributed by atoms with Gasteiger partial charge in [0.25, 0.3) is 0 Å². The average Bonchev–Trinajstić information content (AvgIpc) is 2.90. The fraction of sp³-hybridized carbons (Fsp3) is 0.375. The lowest BCUT2D eigenvalue weighted by Gasteiger charge is -2.20. The van der Waals surface area contributed by atoms with Crippen molar-refractivity contribution in [2.75, 3.05) is 6.54 Å². The lowest BCUT2D eigenvalue weighted by Crippen LogP contribution is -2.22. The van der Waals surface area contributed by atoms with Crippen molar-refractivity contribution in [1.82, 2.24) is 9.47 Å². The standard InChI is InChI=1S/C16H18N2S/c1-11-7-8-15-16-17(9-12(2)19-16)10-13-5-3-4-6-14(13)18(11)15/h3-8,12,16H,9-10H2,1-2H3/t12-,16+/m0/s1. The monoisotopic (exact) mass is 270 g/mol. The van der Waals surface area contributed by atoms with Gasteiger partial charge >= 0.3 is 0 Å². The lowest BCUT2D eigenvalue weighted by molar-refractivity contribution is 0.273. The Hall–Kier alpha value is -1.19. The Morgan fingerprint density at radius 3 is 2.89 bits per heavy atom. The maximum atomic E-state index is 2.62. The topological polar surface area (TPSA) is 8.17 Å². The molecule has 0 amide bonds. The molecule has 0 saturated carbocycles. The van der Waals surface area contributed by atoms with Crippen molar-refractivity contribution >= 4 is 11.8 Å². The smallest absolute Gasteiger partial charge is 0.0976 e. The molecule has 0 aliphatic carbocycles. The van der Waals surface area contributed by atoms with E-state index >= 15 is 0 Å². The molecule has 0 unspecified atom stereocenters. The van der Waals surface area contributed by atoms with Gasteiger partial charge in [0.1, 0.15) is 0 Å². The molecule has 2 nitrogen and oxygen atoms in total. The van der Waals surface area contributed by atoms with E-state index in [1.54, 1.807) is 0 Å². The first-order valence-corrected chi connectivity index (χ1v) is 7.84. The van der Waals surface area contributed by atoms with Crippen LogP contribution in [-0.4, -0.2) is 21.3 Å². The number of para-hydroxylation sites is 1. The molecule has 2 aliphatic rings. The molecule has 3 heteroatoms. The van der Waals surface area contributed by atoms with Crippen LogP contribution >= 0.6 is 11.8 Å². The van der Waals surface area contributed by atoms with Crippen LogP contribution < -0.4 is 0 Å². The highest BCUT2D eigenvalue weighted by molar-refractivity contribution is 8.00. The van der Waals surface area contributed by atoms with E-state index < -0.39 is 0 Å². The highest BCUT2D eigenvalue weighted by Gasteiger charge is 2.36. The molecular formula is C16H18N2S. The molecule has 1 aromatic carbocycles. The molecule has 2 aromatic rings. The Labute approximate surface area is 118 Å². The molecule has 0 bridgehead atoms. The van der Waals surface area contributed by atoms with E-state index in [0.717, 1.165) is 11.8 Å². The minimum absolute atomic E-state index is 0.510. The molecule has 0 N–H and O–H groups in total. The third-order valence-electron chi connectivity index (χ3n) is 4.15. The molecule has 1 saturated heterocycles. The predicted molar refractivity (Wildman–Crippen MR) is 80.7 cm³/mol. The SMILES string of the molecule is Cc1ccc2n1-c1ccccc1CN1C[C@H](C)S[C@H]21. The van der Waals surface area contributed by atoms with Crippen LogP contribution in [0.1, 0.15) is 29.2 Å². The van der Waals surface area contributed by atoms with Crippen LogP contribution in [0.5, 0.6) is 0 Å². The summed E-state index contributed by atoms with van der Waals surface area (Å²) in [6.07, 6.45) is 0. The number of aryl methyl sites for hydroxylation is 1. The first-order valence-electron chi connectivity index (χ1n) is 6.90. The zero-order chi connectivity index (χ0) is 13.0. The molecule has 1 aromatic heterocycles. The Morgan fingerprint density at radius 1 is 1.16 bits per heavy atom. The normalized spacial score (nSPS) is 25.6. The summed E-state index contributed by atoms with van der Waals surface area (Å²) in [7, 11) is 0. The molecule has 4 rings (SSSR count). The summed E-state index contributed by atoms with van der Waals surface area (Å²) in [5.41, 5.74) is 5.59. The highest BCUT2D eigenvalue weighted by Crippen LogP contribution is 2.46. The molecule has 1 fully saturated rings. The maximum absolute atomic E-state index is 2.62. The number of hydrogen-bond donors (Lipinski definition) is 0. The van der Waals surface area contributed by atoms with Crippen LogP contribution in [0, 0.1) is 6.92 Å². The summed E-state index contributed by atoms with van der Waals surface area (Å²) in [4.78, 5) is 2.62. The zero-order valence-electron chi connectivity index (χ0n) is 11.3. The number of rotatable bonds is 0. The van der Waals surface area contributed by atoms with Crippen LogP contribution in [0.4, 0.5) is 0 Å². The summed E-state index contributed by atoms with van der Waals surface area (Å²) >= 11 is 2.09. The summed E-state index contributed by atoms with van der Waals surface area (Å²) in [5.74, 6) is 0. The van der Waals surface area contributed by atoms with E-state index in [-0.39, 0.29) is 0 Å². The molecule has 19 heavy (non-hydrogen) atoms. The Kier molecular flexibility index (Phi) is 2.54. The van der Waals surface area contributed by atoms with E-state index in [9.17, 15) is 0 Å². The van der Waals surface area contributed by atoms with Gasteiger partial charge in [-0.05, 0) is 30.7 Å². The van der Waals surface area contributed by atoms with Crippen molar-refractivity contribution in [1.29, 1.82) is 0 Å². The van der Waals surface area contributed by atoms with Gasteiger partial charge in [-0.15, -0.1) is 11.8 Å². The molecule has 2 aliphatic heterocycles. The number of hydrogen-bond acceptors (Lipinski definition) is 2. The van der Waals surface area contributed by atoms with E-state index in [4.69, 9.17) is 0 Å². The summed E-state index contributed by atoms with van der Waals surface area (Å²) in [6, 6.07) is 13.4. The van der Waals surface area contributed by atoms with Crippen molar-refractivity contribution in [3.8, 4) is 5.69 Å². The number of benzene rings is 1. The fourth-order valence-electron chi connectivity index (χ4n) is 3.34. The average molecular weight is 270 g/mol. The third-order valence-corrected chi connectivity index (χ3v) is 5.56. The highest BCUT2D eigenvalue weighted by atomic mass is 32.2. The first-order chi connectivity index (χ1) is 9.24. The van der Waals surface area contributed by atoms with Gasteiger partial charge in [0.05, 0.1) is 16.8 Å². The largest absolute Gasteiger partial charge is 0.315 e. The first kappa shape index (κ1) is 11.6. The third kappa shape index (κ3) is 1.68. The van der Waals surface area contributed by atoms with Crippen LogP contribution in [0.3, 0.4) is 0 Å². The Balaban J connectivity index is 1.96. The van der Waals surface area contributed by atoms with E-state index in [0.29, 0.717) is 5.37 Å². The van der Waals surface area contributed by atoms with Crippen LogP contribution in [0.15, 0.2) is 36.4 Å². The fourth-order valence-corrected chi connectivity index (χ4v) is 4.72. The minimum Gasteiger partial charge on any atom is -0.315 e. The van der Waals surface area contributed by atoms with E-state index in [1.807, 2.05) is 0 Å². The molecule has 98 valence electrons. The Bertz CT molecular complexity index is 631. The summed E-state index contributed by atoms with van der Waals surface area (Å²) in [5, 5.41) is 1.23. The zero-order valence-corrected chi connectivity index (χ0v) is 12.2. The number of nitrogens with zero attached hydrogens (tertiary/aromatic N) is 2. The molecule has 0 spiro atoms. The van der Waals surface area contributed by atoms with Crippen LogP contribution in [0.25, 0.3) is 5.69 Å². The predicted octanol–water partition coefficient (Wildman–Crippen LogP) is 3.74. The molecule has 0 radical (unpaired) electrons. The van der Waals surface area contributed by atoms with E-state index in [2.05, 4.69) is 71.5 Å². The van der Waals surface area contributed by atoms with Gasteiger partial charge in [0.15, 0.2) is 0 Å². The number of fused-ring (bicyclic) bond motifs is 5. The van der Waals surface area contributed by atoms with Crippen molar-refractivity contribution in [2.24, 2.45) is 0 Å². The van der Waals surface area contributed by atoms with Crippen molar-refractivity contribution in [2.45, 2.75) is 31.0 Å². The van der Waals surface area contributed by atoms with Gasteiger partial charge in [0, 0.05) is 24.0 Å². The second-order valence-corrected chi connectivity index (χ2v) is 7.12. The lowest BCUT2D eigenvalue weighted by atomic mass is 10.1.